The van der Waals surface area contributed by atoms with Gasteiger partial charge in [-0.15, -0.1) is 11.3 Å². The van der Waals surface area contributed by atoms with E-state index >= 15 is 0 Å². The highest BCUT2D eigenvalue weighted by Gasteiger charge is 2.21. The highest BCUT2D eigenvalue weighted by atomic mass is 32.1. The second kappa shape index (κ2) is 5.68. The van der Waals surface area contributed by atoms with E-state index < -0.39 is 0 Å². The van der Waals surface area contributed by atoms with Crippen molar-refractivity contribution in [2.24, 2.45) is 0 Å². The molecule has 0 amide bonds. The molecule has 0 saturated heterocycles. The lowest BCUT2D eigenvalue weighted by Gasteiger charge is -2.31. The maximum Gasteiger partial charge on any atom is 0.0312 e. The molecule has 98 valence electrons. The summed E-state index contributed by atoms with van der Waals surface area (Å²) >= 11 is 1.83. The standard InChI is InChI=1S/C16H18N2S/c1-2-18-11-14(13-5-7-17-8-6-13)10-15(12-18)16-4-3-9-19-16/h3-10,14H,2,11-12H2,1H3. The second-order valence-corrected chi connectivity index (χ2v) is 5.83. The SMILES string of the molecule is CCN1CC(c2cccs2)=CC(c2ccncc2)C1. The van der Waals surface area contributed by atoms with Crippen LogP contribution in [0.3, 0.4) is 0 Å². The van der Waals surface area contributed by atoms with Gasteiger partial charge in [0.15, 0.2) is 0 Å². The predicted octanol–water partition coefficient (Wildman–Crippen LogP) is 3.65. The lowest BCUT2D eigenvalue weighted by molar-refractivity contribution is 0.305. The normalized spacial score (nSPS) is 20.3. The van der Waals surface area contributed by atoms with Gasteiger partial charge >= 0.3 is 0 Å². The molecule has 1 aliphatic heterocycles. The van der Waals surface area contributed by atoms with Gasteiger partial charge < -0.3 is 0 Å². The van der Waals surface area contributed by atoms with E-state index in [0.717, 1.165) is 19.6 Å². The zero-order valence-electron chi connectivity index (χ0n) is 11.1. The van der Waals surface area contributed by atoms with Crippen LogP contribution >= 0.6 is 11.3 Å². The van der Waals surface area contributed by atoms with E-state index in [2.05, 4.69) is 52.5 Å². The van der Waals surface area contributed by atoms with Gasteiger partial charge in [-0.25, -0.2) is 0 Å². The molecule has 1 aliphatic rings. The summed E-state index contributed by atoms with van der Waals surface area (Å²) in [5, 5.41) is 2.16. The van der Waals surface area contributed by atoms with Crippen LogP contribution < -0.4 is 0 Å². The van der Waals surface area contributed by atoms with Crippen LogP contribution in [0, 0.1) is 0 Å². The van der Waals surface area contributed by atoms with Gasteiger partial charge in [0.2, 0.25) is 0 Å². The molecule has 0 saturated carbocycles. The zero-order chi connectivity index (χ0) is 13.1. The number of hydrogen-bond acceptors (Lipinski definition) is 3. The van der Waals surface area contributed by atoms with Crippen LogP contribution in [0.2, 0.25) is 0 Å². The summed E-state index contributed by atoms with van der Waals surface area (Å²) in [7, 11) is 0. The molecule has 2 aromatic rings. The summed E-state index contributed by atoms with van der Waals surface area (Å²) in [5.74, 6) is 0.480. The first-order chi connectivity index (χ1) is 9.36. The molecule has 0 aromatic carbocycles. The van der Waals surface area contributed by atoms with Gasteiger partial charge in [0, 0.05) is 36.3 Å². The van der Waals surface area contributed by atoms with E-state index in [0.29, 0.717) is 5.92 Å². The van der Waals surface area contributed by atoms with E-state index in [9.17, 15) is 0 Å². The molecule has 3 heterocycles. The second-order valence-electron chi connectivity index (χ2n) is 4.88. The average Bonchev–Trinajstić information content (AvgIpc) is 3.02. The summed E-state index contributed by atoms with van der Waals surface area (Å²) in [6, 6.07) is 8.62. The zero-order valence-corrected chi connectivity index (χ0v) is 11.9. The van der Waals surface area contributed by atoms with Crippen LogP contribution in [0.25, 0.3) is 5.57 Å². The molecule has 3 rings (SSSR count). The Morgan fingerprint density at radius 2 is 2.16 bits per heavy atom. The Kier molecular flexibility index (Phi) is 3.76. The molecular formula is C16H18N2S. The maximum absolute atomic E-state index is 4.12. The molecule has 0 spiro atoms. The molecule has 3 heteroatoms. The highest BCUT2D eigenvalue weighted by Crippen LogP contribution is 2.31. The number of hydrogen-bond donors (Lipinski definition) is 0. The Morgan fingerprint density at radius 3 is 2.84 bits per heavy atom. The Morgan fingerprint density at radius 1 is 1.32 bits per heavy atom. The largest absolute Gasteiger partial charge is 0.298 e. The molecule has 2 aromatic heterocycles. The quantitative estimate of drug-likeness (QED) is 0.846. The minimum Gasteiger partial charge on any atom is -0.298 e. The Balaban J connectivity index is 1.93. The molecule has 0 N–H and O–H groups in total. The molecule has 19 heavy (non-hydrogen) atoms. The number of likely N-dealkylation sites (N-methyl/N-ethyl adjacent to an activating group) is 1. The lowest BCUT2D eigenvalue weighted by atomic mass is 9.92. The molecule has 2 nitrogen and oxygen atoms in total. The van der Waals surface area contributed by atoms with Crippen LogP contribution in [-0.4, -0.2) is 29.5 Å². The molecule has 0 aliphatic carbocycles. The predicted molar refractivity (Wildman–Crippen MR) is 81.4 cm³/mol. The van der Waals surface area contributed by atoms with Crippen LogP contribution in [0.15, 0.2) is 48.1 Å². The summed E-state index contributed by atoms with van der Waals surface area (Å²) in [6.45, 7) is 5.51. The van der Waals surface area contributed by atoms with Gasteiger partial charge in [-0.3, -0.25) is 9.88 Å². The smallest absolute Gasteiger partial charge is 0.0312 e. The van der Waals surface area contributed by atoms with E-state index in [-0.39, 0.29) is 0 Å². The fourth-order valence-corrected chi connectivity index (χ4v) is 3.35. The Bertz CT molecular complexity index is 545. The number of rotatable bonds is 3. The maximum atomic E-state index is 4.12. The van der Waals surface area contributed by atoms with Gasteiger partial charge in [0.05, 0.1) is 0 Å². The number of aromatic nitrogens is 1. The summed E-state index contributed by atoms with van der Waals surface area (Å²) < 4.78 is 0. The van der Waals surface area contributed by atoms with Gasteiger partial charge in [-0.2, -0.15) is 0 Å². The highest BCUT2D eigenvalue weighted by molar-refractivity contribution is 7.11. The monoisotopic (exact) mass is 270 g/mol. The van der Waals surface area contributed by atoms with Crippen LogP contribution in [-0.2, 0) is 0 Å². The van der Waals surface area contributed by atoms with Crippen LogP contribution in [0.1, 0.15) is 23.3 Å². The van der Waals surface area contributed by atoms with Crippen molar-refractivity contribution >= 4 is 16.9 Å². The molecular weight excluding hydrogens is 252 g/mol. The first-order valence-corrected chi connectivity index (χ1v) is 7.61. The summed E-state index contributed by atoms with van der Waals surface area (Å²) in [5.41, 5.74) is 2.83. The fraction of sp³-hybridized carbons (Fsp3) is 0.312. The van der Waals surface area contributed by atoms with Crippen molar-refractivity contribution in [2.75, 3.05) is 19.6 Å². The van der Waals surface area contributed by atoms with Crippen LogP contribution in [0.4, 0.5) is 0 Å². The molecule has 0 radical (unpaired) electrons. The van der Waals surface area contributed by atoms with Gasteiger partial charge in [-0.1, -0.05) is 19.1 Å². The van der Waals surface area contributed by atoms with Gasteiger partial charge in [0.1, 0.15) is 0 Å². The number of nitrogens with zero attached hydrogens (tertiary/aromatic N) is 2. The van der Waals surface area contributed by atoms with Crippen molar-refractivity contribution in [3.05, 3.63) is 58.6 Å². The van der Waals surface area contributed by atoms with E-state index in [1.807, 2.05) is 23.7 Å². The third-order valence-electron chi connectivity index (χ3n) is 3.67. The molecule has 0 bridgehead atoms. The molecule has 1 unspecified atom stereocenters. The van der Waals surface area contributed by atoms with Crippen molar-refractivity contribution in [3.8, 4) is 0 Å². The molecule has 1 atom stereocenters. The van der Waals surface area contributed by atoms with E-state index in [1.165, 1.54) is 16.0 Å². The van der Waals surface area contributed by atoms with Crippen molar-refractivity contribution < 1.29 is 0 Å². The third-order valence-corrected chi connectivity index (χ3v) is 4.62. The lowest BCUT2D eigenvalue weighted by Crippen LogP contribution is -2.33. The fourth-order valence-electron chi connectivity index (χ4n) is 2.61. The van der Waals surface area contributed by atoms with Gasteiger partial charge in [-0.05, 0) is 41.3 Å². The first-order valence-electron chi connectivity index (χ1n) is 6.73. The summed E-state index contributed by atoms with van der Waals surface area (Å²) in [6.07, 6.45) is 6.21. The van der Waals surface area contributed by atoms with Crippen LogP contribution in [0.5, 0.6) is 0 Å². The Hall–Kier alpha value is -1.45. The van der Waals surface area contributed by atoms with Crippen molar-refractivity contribution in [1.82, 2.24) is 9.88 Å². The number of thiophene rings is 1. The average molecular weight is 270 g/mol. The van der Waals surface area contributed by atoms with E-state index in [1.54, 1.807) is 0 Å². The molecule has 0 fully saturated rings. The minimum absolute atomic E-state index is 0.480. The number of pyridine rings is 1. The third kappa shape index (κ3) is 2.77. The topological polar surface area (TPSA) is 16.1 Å². The Labute approximate surface area is 118 Å². The minimum atomic E-state index is 0.480. The van der Waals surface area contributed by atoms with Crippen molar-refractivity contribution in [3.63, 3.8) is 0 Å². The van der Waals surface area contributed by atoms with Gasteiger partial charge in [0.25, 0.3) is 0 Å². The van der Waals surface area contributed by atoms with Crippen molar-refractivity contribution in [2.45, 2.75) is 12.8 Å². The van der Waals surface area contributed by atoms with E-state index in [4.69, 9.17) is 0 Å². The van der Waals surface area contributed by atoms with Crippen molar-refractivity contribution in [1.29, 1.82) is 0 Å². The summed E-state index contributed by atoms with van der Waals surface area (Å²) in [4.78, 5) is 8.03. The first kappa shape index (κ1) is 12.6.